The molecule has 1 fully saturated rings. The zero-order valence-corrected chi connectivity index (χ0v) is 10.4. The monoisotopic (exact) mass is 245 g/mol. The van der Waals surface area contributed by atoms with Gasteiger partial charge >= 0.3 is 0 Å². The lowest BCUT2D eigenvalue weighted by Gasteiger charge is -2.16. The smallest absolute Gasteiger partial charge is 0.235 e. The standard InChI is InChI=1S/C14H15NO3/c1-10-7-12-13(18-6-2-5-17-12)8-11(10)14(3-4-14)15-9-16/h7-8H,2-6H2,1H3. The molecule has 0 spiro atoms. The van der Waals surface area contributed by atoms with E-state index in [1.165, 1.54) is 0 Å². The van der Waals surface area contributed by atoms with Crippen molar-refractivity contribution in [3.05, 3.63) is 23.3 Å². The first-order chi connectivity index (χ1) is 8.75. The highest BCUT2D eigenvalue weighted by molar-refractivity contribution is 5.52. The van der Waals surface area contributed by atoms with E-state index in [-0.39, 0.29) is 5.54 Å². The van der Waals surface area contributed by atoms with Crippen molar-refractivity contribution in [1.29, 1.82) is 0 Å². The Labute approximate surface area is 106 Å². The molecule has 0 atom stereocenters. The Morgan fingerprint density at radius 2 is 1.89 bits per heavy atom. The van der Waals surface area contributed by atoms with Crippen LogP contribution in [0.3, 0.4) is 0 Å². The highest BCUT2D eigenvalue weighted by Gasteiger charge is 2.46. The summed E-state index contributed by atoms with van der Waals surface area (Å²) in [7, 11) is 0. The molecule has 3 rings (SSSR count). The minimum Gasteiger partial charge on any atom is -0.490 e. The van der Waals surface area contributed by atoms with Gasteiger partial charge in [0.05, 0.1) is 18.8 Å². The highest BCUT2D eigenvalue weighted by Crippen LogP contribution is 2.52. The van der Waals surface area contributed by atoms with E-state index in [4.69, 9.17) is 9.47 Å². The number of aryl methyl sites for hydroxylation is 1. The second-order valence-electron chi connectivity index (χ2n) is 4.90. The number of ether oxygens (including phenoxy) is 2. The zero-order valence-electron chi connectivity index (χ0n) is 10.4. The molecule has 4 heteroatoms. The van der Waals surface area contributed by atoms with Gasteiger partial charge in [-0.25, -0.2) is 4.79 Å². The number of nitrogens with zero attached hydrogens (tertiary/aromatic N) is 1. The SMILES string of the molecule is Cc1cc2c(cc1C1(N=C=O)CC1)OCCCO2. The van der Waals surface area contributed by atoms with Crippen LogP contribution in [0.5, 0.6) is 11.5 Å². The van der Waals surface area contributed by atoms with E-state index in [0.29, 0.717) is 13.2 Å². The van der Waals surface area contributed by atoms with Crippen molar-refractivity contribution < 1.29 is 14.3 Å². The van der Waals surface area contributed by atoms with E-state index in [0.717, 1.165) is 41.9 Å². The summed E-state index contributed by atoms with van der Waals surface area (Å²) in [6.07, 6.45) is 4.39. The third-order valence-electron chi connectivity index (χ3n) is 3.58. The molecule has 0 aromatic heterocycles. The molecule has 0 radical (unpaired) electrons. The summed E-state index contributed by atoms with van der Waals surface area (Å²) >= 11 is 0. The molecule has 1 heterocycles. The van der Waals surface area contributed by atoms with E-state index < -0.39 is 0 Å². The molecule has 2 aliphatic rings. The number of aliphatic imine (C=N–C) groups is 1. The molecule has 0 amide bonds. The van der Waals surface area contributed by atoms with Crippen LogP contribution in [0, 0.1) is 6.92 Å². The predicted octanol–water partition coefficient (Wildman–Crippen LogP) is 2.48. The molecule has 1 saturated carbocycles. The Morgan fingerprint density at radius 1 is 1.22 bits per heavy atom. The lowest BCUT2D eigenvalue weighted by molar-refractivity contribution is 0.297. The number of hydrogen-bond acceptors (Lipinski definition) is 4. The average Bonchev–Trinajstić information content (AvgIpc) is 3.13. The van der Waals surface area contributed by atoms with Gasteiger partial charge in [0, 0.05) is 6.42 Å². The molecule has 94 valence electrons. The predicted molar refractivity (Wildman–Crippen MR) is 65.8 cm³/mol. The fourth-order valence-corrected chi connectivity index (χ4v) is 2.46. The lowest BCUT2D eigenvalue weighted by Crippen LogP contribution is -2.06. The van der Waals surface area contributed by atoms with Gasteiger partial charge in [0.2, 0.25) is 6.08 Å². The molecular formula is C14H15NO3. The molecule has 1 aromatic carbocycles. The molecule has 0 unspecified atom stereocenters. The number of carbonyl (C=O) groups excluding carboxylic acids is 1. The maximum atomic E-state index is 10.5. The second-order valence-corrected chi connectivity index (χ2v) is 4.90. The van der Waals surface area contributed by atoms with Crippen LogP contribution in [0.4, 0.5) is 0 Å². The molecule has 1 aliphatic carbocycles. The van der Waals surface area contributed by atoms with Gasteiger partial charge in [0.15, 0.2) is 11.5 Å². The van der Waals surface area contributed by atoms with Crippen molar-refractivity contribution in [1.82, 2.24) is 0 Å². The largest absolute Gasteiger partial charge is 0.490 e. The van der Waals surface area contributed by atoms with E-state index in [2.05, 4.69) is 4.99 Å². The van der Waals surface area contributed by atoms with Gasteiger partial charge in [-0.15, -0.1) is 0 Å². The molecule has 18 heavy (non-hydrogen) atoms. The van der Waals surface area contributed by atoms with Crippen molar-refractivity contribution in [2.75, 3.05) is 13.2 Å². The number of isocyanates is 1. The first-order valence-electron chi connectivity index (χ1n) is 6.25. The normalized spacial score (nSPS) is 19.6. The molecule has 0 bridgehead atoms. The molecule has 1 aliphatic heterocycles. The van der Waals surface area contributed by atoms with Crippen molar-refractivity contribution in [2.45, 2.75) is 31.7 Å². The molecule has 0 N–H and O–H groups in total. The van der Waals surface area contributed by atoms with E-state index in [9.17, 15) is 4.79 Å². The Kier molecular flexibility index (Phi) is 2.60. The van der Waals surface area contributed by atoms with Crippen LogP contribution >= 0.6 is 0 Å². The quantitative estimate of drug-likeness (QED) is 0.594. The summed E-state index contributed by atoms with van der Waals surface area (Å²) in [6.45, 7) is 3.37. The van der Waals surface area contributed by atoms with Gasteiger partial charge in [-0.2, -0.15) is 4.99 Å². The highest BCUT2D eigenvalue weighted by atomic mass is 16.5. The van der Waals surface area contributed by atoms with Gasteiger partial charge in [-0.05, 0) is 43.0 Å². The maximum Gasteiger partial charge on any atom is 0.235 e. The van der Waals surface area contributed by atoms with Crippen LogP contribution in [0.15, 0.2) is 17.1 Å². The summed E-state index contributed by atoms with van der Waals surface area (Å²) in [4.78, 5) is 14.5. The van der Waals surface area contributed by atoms with Crippen LogP contribution in [-0.2, 0) is 10.3 Å². The Bertz CT molecular complexity index is 528. The van der Waals surface area contributed by atoms with Gasteiger partial charge in [-0.1, -0.05) is 0 Å². The van der Waals surface area contributed by atoms with Crippen LogP contribution < -0.4 is 9.47 Å². The fraction of sp³-hybridized carbons (Fsp3) is 0.500. The average molecular weight is 245 g/mol. The Hall–Kier alpha value is -1.80. The summed E-state index contributed by atoms with van der Waals surface area (Å²) in [5, 5.41) is 0. The second kappa shape index (κ2) is 4.14. The molecule has 4 nitrogen and oxygen atoms in total. The third kappa shape index (κ3) is 1.79. The first-order valence-corrected chi connectivity index (χ1v) is 6.25. The number of benzene rings is 1. The van der Waals surface area contributed by atoms with Crippen molar-refractivity contribution in [3.8, 4) is 11.5 Å². The first kappa shape index (κ1) is 11.3. The van der Waals surface area contributed by atoms with Crippen LogP contribution in [0.25, 0.3) is 0 Å². The molecule has 1 aromatic rings. The topological polar surface area (TPSA) is 47.9 Å². The minimum atomic E-state index is -0.351. The number of rotatable bonds is 2. The van der Waals surface area contributed by atoms with E-state index in [1.807, 2.05) is 19.1 Å². The fourth-order valence-electron chi connectivity index (χ4n) is 2.46. The van der Waals surface area contributed by atoms with Gasteiger partial charge < -0.3 is 9.47 Å². The summed E-state index contributed by atoms with van der Waals surface area (Å²) in [6, 6.07) is 3.96. The van der Waals surface area contributed by atoms with Crippen LogP contribution in [0.1, 0.15) is 30.4 Å². The third-order valence-corrected chi connectivity index (χ3v) is 3.58. The summed E-state index contributed by atoms with van der Waals surface area (Å²) in [5.74, 6) is 1.56. The van der Waals surface area contributed by atoms with E-state index in [1.54, 1.807) is 6.08 Å². The molecule has 0 saturated heterocycles. The zero-order chi connectivity index (χ0) is 12.6. The van der Waals surface area contributed by atoms with Crippen LogP contribution in [0.2, 0.25) is 0 Å². The Morgan fingerprint density at radius 3 is 2.50 bits per heavy atom. The van der Waals surface area contributed by atoms with Gasteiger partial charge in [0.1, 0.15) is 0 Å². The Balaban J connectivity index is 2.06. The minimum absolute atomic E-state index is 0.351. The van der Waals surface area contributed by atoms with Gasteiger partial charge in [-0.3, -0.25) is 0 Å². The van der Waals surface area contributed by atoms with Crippen molar-refractivity contribution >= 4 is 6.08 Å². The maximum absolute atomic E-state index is 10.5. The van der Waals surface area contributed by atoms with Crippen LogP contribution in [-0.4, -0.2) is 19.3 Å². The lowest BCUT2D eigenvalue weighted by atomic mass is 9.99. The van der Waals surface area contributed by atoms with E-state index >= 15 is 0 Å². The van der Waals surface area contributed by atoms with Crippen molar-refractivity contribution in [3.63, 3.8) is 0 Å². The molecular weight excluding hydrogens is 230 g/mol. The summed E-state index contributed by atoms with van der Waals surface area (Å²) in [5.41, 5.74) is 1.81. The number of hydrogen-bond donors (Lipinski definition) is 0. The van der Waals surface area contributed by atoms with Gasteiger partial charge in [0.25, 0.3) is 0 Å². The summed E-state index contributed by atoms with van der Waals surface area (Å²) < 4.78 is 11.3. The number of fused-ring (bicyclic) bond motifs is 1. The van der Waals surface area contributed by atoms with Crippen molar-refractivity contribution in [2.24, 2.45) is 4.99 Å².